The Hall–Kier alpha value is -1.39. The number of hydrogen-bond acceptors (Lipinski definition) is 3. The highest BCUT2D eigenvalue weighted by molar-refractivity contribution is 5.85. The van der Waals surface area contributed by atoms with Crippen LogP contribution >= 0.6 is 0 Å². The molecule has 0 aliphatic carbocycles. The molecule has 0 aromatic rings. The summed E-state index contributed by atoms with van der Waals surface area (Å²) in [6, 6.07) is -0.479. The molecule has 0 unspecified atom stereocenters. The molecular weight excluding hydrogens is 208 g/mol. The molecule has 0 fully saturated rings. The molecule has 0 radical (unpaired) electrons. The van der Waals surface area contributed by atoms with Crippen molar-refractivity contribution in [2.75, 3.05) is 0 Å². The van der Waals surface area contributed by atoms with Gasteiger partial charge in [-0.2, -0.15) is 0 Å². The Bertz CT molecular complexity index is 264. The van der Waals surface area contributed by atoms with Gasteiger partial charge in [0.1, 0.15) is 6.29 Å². The number of hydrogen-bond donors (Lipinski definition) is 2. The van der Waals surface area contributed by atoms with Gasteiger partial charge < -0.3 is 15.8 Å². The summed E-state index contributed by atoms with van der Waals surface area (Å²) in [6.45, 7) is 5.52. The smallest absolute Gasteiger partial charge is 0.221 e. The maximum absolute atomic E-state index is 11.4. The molecular formula is C11H20N2O3. The Balaban J connectivity index is 4.10. The largest absolute Gasteiger partial charge is 0.369 e. The van der Waals surface area contributed by atoms with Gasteiger partial charge in [0.25, 0.3) is 0 Å². The van der Waals surface area contributed by atoms with Crippen molar-refractivity contribution in [1.82, 2.24) is 5.32 Å². The number of primary amides is 1. The second-order valence-corrected chi connectivity index (χ2v) is 4.45. The van der Waals surface area contributed by atoms with E-state index in [2.05, 4.69) is 5.32 Å². The summed E-state index contributed by atoms with van der Waals surface area (Å²) in [4.78, 5) is 32.9. The first-order chi connectivity index (χ1) is 7.36. The monoisotopic (exact) mass is 228 g/mol. The first-order valence-electron chi connectivity index (χ1n) is 5.40. The minimum Gasteiger partial charge on any atom is -0.369 e. The van der Waals surface area contributed by atoms with Crippen LogP contribution in [0.1, 0.15) is 33.6 Å². The van der Waals surface area contributed by atoms with E-state index in [4.69, 9.17) is 5.73 Å². The van der Waals surface area contributed by atoms with Crippen LogP contribution in [0, 0.1) is 11.8 Å². The number of carbonyl (C=O) groups is 3. The van der Waals surface area contributed by atoms with Crippen molar-refractivity contribution >= 4 is 18.1 Å². The second kappa shape index (κ2) is 6.98. The van der Waals surface area contributed by atoms with Crippen molar-refractivity contribution in [2.24, 2.45) is 17.6 Å². The van der Waals surface area contributed by atoms with Crippen LogP contribution in [0.4, 0.5) is 0 Å². The lowest BCUT2D eigenvalue weighted by Gasteiger charge is -2.15. The minimum atomic E-state index is -0.512. The van der Waals surface area contributed by atoms with Crippen molar-refractivity contribution in [3.63, 3.8) is 0 Å². The molecule has 16 heavy (non-hydrogen) atoms. The van der Waals surface area contributed by atoms with E-state index in [-0.39, 0.29) is 12.3 Å². The molecule has 0 saturated carbocycles. The van der Waals surface area contributed by atoms with Crippen LogP contribution in [0.2, 0.25) is 0 Å². The fourth-order valence-corrected chi connectivity index (χ4v) is 1.30. The average Bonchev–Trinajstić information content (AvgIpc) is 2.15. The lowest BCUT2D eigenvalue weighted by Crippen LogP contribution is -2.38. The molecule has 0 aliphatic heterocycles. The number of nitrogens with two attached hydrogens (primary N) is 1. The first-order valence-corrected chi connectivity index (χ1v) is 5.40. The number of nitrogens with one attached hydrogen (secondary N) is 1. The minimum absolute atomic E-state index is 0.0256. The van der Waals surface area contributed by atoms with Gasteiger partial charge in [-0.25, -0.2) is 0 Å². The maximum atomic E-state index is 11.4. The van der Waals surface area contributed by atoms with Gasteiger partial charge in [0.05, 0.1) is 6.04 Å². The Morgan fingerprint density at radius 3 is 2.25 bits per heavy atom. The molecule has 2 atom stereocenters. The van der Waals surface area contributed by atoms with Gasteiger partial charge in [0.15, 0.2) is 0 Å². The quantitative estimate of drug-likeness (QED) is 0.611. The summed E-state index contributed by atoms with van der Waals surface area (Å²) in [6.07, 6.45) is 1.34. The maximum Gasteiger partial charge on any atom is 0.221 e. The van der Waals surface area contributed by atoms with E-state index in [1.54, 1.807) is 6.92 Å². The summed E-state index contributed by atoms with van der Waals surface area (Å²) >= 11 is 0. The molecule has 0 heterocycles. The first kappa shape index (κ1) is 14.6. The van der Waals surface area contributed by atoms with E-state index in [9.17, 15) is 14.4 Å². The van der Waals surface area contributed by atoms with Crippen LogP contribution < -0.4 is 11.1 Å². The molecule has 5 heteroatoms. The summed E-state index contributed by atoms with van der Waals surface area (Å²) < 4.78 is 0. The topological polar surface area (TPSA) is 89.3 Å². The molecule has 0 saturated heterocycles. The van der Waals surface area contributed by atoms with Crippen molar-refractivity contribution in [3.05, 3.63) is 0 Å². The average molecular weight is 228 g/mol. The van der Waals surface area contributed by atoms with Gasteiger partial charge >= 0.3 is 0 Å². The van der Waals surface area contributed by atoms with E-state index in [0.717, 1.165) is 0 Å². The standard InChI is InChI=1S/C11H20N2O3/c1-7(2)4-9(6-14)13-10(15)5-8(3)11(12)16/h6-9H,4-5H2,1-3H3,(H2,12,16)(H,13,15)/t8-,9-/m0/s1. The van der Waals surface area contributed by atoms with Crippen molar-refractivity contribution in [2.45, 2.75) is 39.7 Å². The summed E-state index contributed by atoms with van der Waals surface area (Å²) in [7, 11) is 0. The lowest BCUT2D eigenvalue weighted by molar-refractivity contribution is -0.129. The van der Waals surface area contributed by atoms with Gasteiger partial charge in [0, 0.05) is 12.3 Å². The SMILES string of the molecule is CC(C)C[C@@H](C=O)NC(=O)C[C@H](C)C(N)=O. The van der Waals surface area contributed by atoms with Gasteiger partial charge in [-0.1, -0.05) is 20.8 Å². The van der Waals surface area contributed by atoms with E-state index < -0.39 is 17.9 Å². The molecule has 2 amide bonds. The number of amides is 2. The third-order valence-electron chi connectivity index (χ3n) is 2.21. The summed E-state index contributed by atoms with van der Waals surface area (Å²) in [5.41, 5.74) is 5.04. The molecule has 0 bridgehead atoms. The zero-order valence-corrected chi connectivity index (χ0v) is 10.0. The fraction of sp³-hybridized carbons (Fsp3) is 0.727. The molecule has 0 spiro atoms. The third kappa shape index (κ3) is 6.16. The Kier molecular flexibility index (Phi) is 6.37. The molecule has 5 nitrogen and oxygen atoms in total. The van der Waals surface area contributed by atoms with Crippen molar-refractivity contribution in [1.29, 1.82) is 0 Å². The summed E-state index contributed by atoms with van der Waals surface area (Å²) in [5.74, 6) is -1.01. The highest BCUT2D eigenvalue weighted by Crippen LogP contribution is 2.05. The van der Waals surface area contributed by atoms with Crippen LogP contribution in [0.5, 0.6) is 0 Å². The number of carbonyl (C=O) groups excluding carboxylic acids is 3. The van der Waals surface area contributed by atoms with Crippen molar-refractivity contribution < 1.29 is 14.4 Å². The predicted molar refractivity (Wildman–Crippen MR) is 60.4 cm³/mol. The van der Waals surface area contributed by atoms with Gasteiger partial charge in [-0.15, -0.1) is 0 Å². The summed E-state index contributed by atoms with van der Waals surface area (Å²) in [5, 5.41) is 2.57. The second-order valence-electron chi connectivity index (χ2n) is 4.45. The van der Waals surface area contributed by atoms with Crippen LogP contribution in [-0.4, -0.2) is 24.1 Å². The van der Waals surface area contributed by atoms with Crippen molar-refractivity contribution in [3.8, 4) is 0 Å². The van der Waals surface area contributed by atoms with Crippen LogP contribution in [0.15, 0.2) is 0 Å². The lowest BCUT2D eigenvalue weighted by atomic mass is 10.0. The molecule has 0 aromatic heterocycles. The molecule has 0 rings (SSSR count). The van der Waals surface area contributed by atoms with Gasteiger partial charge in [0.2, 0.25) is 11.8 Å². The van der Waals surface area contributed by atoms with Gasteiger partial charge in [-0.05, 0) is 12.3 Å². The Morgan fingerprint density at radius 2 is 1.88 bits per heavy atom. The van der Waals surface area contributed by atoms with Crippen LogP contribution in [0.3, 0.4) is 0 Å². The fourth-order valence-electron chi connectivity index (χ4n) is 1.30. The Labute approximate surface area is 95.8 Å². The normalized spacial score (nSPS) is 14.2. The molecule has 0 aromatic carbocycles. The highest BCUT2D eigenvalue weighted by Gasteiger charge is 2.17. The van der Waals surface area contributed by atoms with Crippen LogP contribution in [-0.2, 0) is 14.4 Å². The molecule has 3 N–H and O–H groups in total. The zero-order valence-electron chi connectivity index (χ0n) is 10.0. The number of aldehydes is 1. The highest BCUT2D eigenvalue weighted by atomic mass is 16.2. The van der Waals surface area contributed by atoms with E-state index in [1.165, 1.54) is 0 Å². The van der Waals surface area contributed by atoms with E-state index in [0.29, 0.717) is 18.6 Å². The molecule has 0 aliphatic rings. The zero-order chi connectivity index (χ0) is 12.7. The van der Waals surface area contributed by atoms with Crippen LogP contribution in [0.25, 0.3) is 0 Å². The van der Waals surface area contributed by atoms with Gasteiger partial charge in [-0.3, -0.25) is 9.59 Å². The van der Waals surface area contributed by atoms with E-state index >= 15 is 0 Å². The Morgan fingerprint density at radius 1 is 1.31 bits per heavy atom. The predicted octanol–water partition coefficient (Wildman–Crippen LogP) is 0.228. The number of rotatable bonds is 7. The van der Waals surface area contributed by atoms with E-state index in [1.807, 2.05) is 13.8 Å². The molecule has 92 valence electrons. The third-order valence-corrected chi connectivity index (χ3v) is 2.21.